The molecule has 3 rings (SSSR count). The van der Waals surface area contributed by atoms with Crippen LogP contribution in [0.15, 0.2) is 53.7 Å². The molecule has 0 spiro atoms. The van der Waals surface area contributed by atoms with Crippen LogP contribution < -0.4 is 16.0 Å². The van der Waals surface area contributed by atoms with Gasteiger partial charge in [-0.2, -0.15) is 0 Å². The number of pyridine rings is 1. The molecule has 0 unspecified atom stereocenters. The first-order valence-electron chi connectivity index (χ1n) is 9.99. The van der Waals surface area contributed by atoms with E-state index in [-0.39, 0.29) is 35.8 Å². The molecule has 1 heterocycles. The van der Waals surface area contributed by atoms with Gasteiger partial charge in [-0.3, -0.25) is 14.8 Å². The zero-order valence-corrected chi connectivity index (χ0v) is 19.2. The molecule has 1 aromatic carbocycles. The SMILES string of the molecule is CN=C(NCc1cccc(NC(=O)C2CCCCC2)c1)NCc1ccccn1.I. The molecule has 7 heteroatoms. The lowest BCUT2D eigenvalue weighted by molar-refractivity contribution is -0.120. The number of carbonyl (C=O) groups excluding carboxylic acids is 1. The average Bonchev–Trinajstić information content (AvgIpc) is 2.75. The third-order valence-corrected chi connectivity index (χ3v) is 5.02. The maximum Gasteiger partial charge on any atom is 0.227 e. The molecule has 2 aromatic rings. The molecule has 0 saturated heterocycles. The van der Waals surface area contributed by atoms with Crippen LogP contribution in [-0.2, 0) is 17.9 Å². The summed E-state index contributed by atoms with van der Waals surface area (Å²) in [6.07, 6.45) is 7.36. The Morgan fingerprint density at radius 1 is 1.07 bits per heavy atom. The van der Waals surface area contributed by atoms with E-state index in [1.807, 2.05) is 42.5 Å². The number of hydrogen-bond donors (Lipinski definition) is 3. The molecule has 1 aliphatic carbocycles. The molecule has 156 valence electrons. The van der Waals surface area contributed by atoms with Crippen molar-refractivity contribution in [2.45, 2.75) is 45.2 Å². The van der Waals surface area contributed by atoms with Gasteiger partial charge in [0.2, 0.25) is 5.91 Å². The largest absolute Gasteiger partial charge is 0.352 e. The van der Waals surface area contributed by atoms with Crippen molar-refractivity contribution in [1.82, 2.24) is 15.6 Å². The van der Waals surface area contributed by atoms with Gasteiger partial charge in [0.05, 0.1) is 12.2 Å². The van der Waals surface area contributed by atoms with Gasteiger partial charge in [-0.15, -0.1) is 24.0 Å². The smallest absolute Gasteiger partial charge is 0.227 e. The Morgan fingerprint density at radius 2 is 1.86 bits per heavy atom. The van der Waals surface area contributed by atoms with Crippen molar-refractivity contribution in [2.75, 3.05) is 12.4 Å². The second kappa shape index (κ2) is 12.4. The predicted molar refractivity (Wildman–Crippen MR) is 128 cm³/mol. The minimum atomic E-state index is 0. The lowest BCUT2D eigenvalue weighted by Gasteiger charge is -2.21. The molecular weight excluding hydrogens is 477 g/mol. The van der Waals surface area contributed by atoms with Gasteiger partial charge in [-0.25, -0.2) is 0 Å². The van der Waals surface area contributed by atoms with Crippen LogP contribution in [0.4, 0.5) is 5.69 Å². The first-order chi connectivity index (χ1) is 13.7. The Labute approximate surface area is 190 Å². The number of aromatic nitrogens is 1. The number of carbonyl (C=O) groups is 1. The van der Waals surface area contributed by atoms with E-state index in [2.05, 4.69) is 25.9 Å². The van der Waals surface area contributed by atoms with E-state index in [0.29, 0.717) is 19.0 Å². The van der Waals surface area contributed by atoms with Crippen LogP contribution in [-0.4, -0.2) is 23.9 Å². The van der Waals surface area contributed by atoms with Crippen LogP contribution in [0.3, 0.4) is 0 Å². The number of amides is 1. The molecule has 29 heavy (non-hydrogen) atoms. The van der Waals surface area contributed by atoms with Gasteiger partial charge < -0.3 is 16.0 Å². The molecule has 6 nitrogen and oxygen atoms in total. The van der Waals surface area contributed by atoms with Gasteiger partial charge >= 0.3 is 0 Å². The van der Waals surface area contributed by atoms with Crippen LogP contribution in [0.1, 0.15) is 43.4 Å². The number of hydrogen-bond acceptors (Lipinski definition) is 3. The minimum absolute atomic E-state index is 0. The third-order valence-electron chi connectivity index (χ3n) is 5.02. The van der Waals surface area contributed by atoms with Crippen LogP contribution >= 0.6 is 24.0 Å². The summed E-state index contributed by atoms with van der Waals surface area (Å²) >= 11 is 0. The number of nitrogens with one attached hydrogen (secondary N) is 3. The van der Waals surface area contributed by atoms with E-state index in [0.717, 1.165) is 42.6 Å². The van der Waals surface area contributed by atoms with Crippen molar-refractivity contribution in [3.05, 3.63) is 59.9 Å². The van der Waals surface area contributed by atoms with Gasteiger partial charge in [-0.05, 0) is 42.7 Å². The van der Waals surface area contributed by atoms with E-state index in [9.17, 15) is 4.79 Å². The summed E-state index contributed by atoms with van der Waals surface area (Å²) in [5.41, 5.74) is 2.89. The van der Waals surface area contributed by atoms with Gasteiger partial charge in [0, 0.05) is 31.4 Å². The number of aliphatic imine (C=N–C) groups is 1. The number of halogens is 1. The Bertz CT molecular complexity index is 791. The van der Waals surface area contributed by atoms with Crippen LogP contribution in [0.5, 0.6) is 0 Å². The van der Waals surface area contributed by atoms with Crippen molar-refractivity contribution in [1.29, 1.82) is 0 Å². The maximum atomic E-state index is 12.4. The highest BCUT2D eigenvalue weighted by Crippen LogP contribution is 2.25. The summed E-state index contributed by atoms with van der Waals surface area (Å²) in [5, 5.41) is 9.63. The Balaban J connectivity index is 0.00000300. The molecule has 0 atom stereocenters. The minimum Gasteiger partial charge on any atom is -0.352 e. The first kappa shape index (κ1) is 23.1. The van der Waals surface area contributed by atoms with E-state index in [1.165, 1.54) is 6.42 Å². The van der Waals surface area contributed by atoms with E-state index < -0.39 is 0 Å². The maximum absolute atomic E-state index is 12.4. The molecule has 1 fully saturated rings. The van der Waals surface area contributed by atoms with Gasteiger partial charge in [-0.1, -0.05) is 37.5 Å². The van der Waals surface area contributed by atoms with Crippen molar-refractivity contribution >= 4 is 41.5 Å². The van der Waals surface area contributed by atoms with Crippen molar-refractivity contribution in [3.8, 4) is 0 Å². The highest BCUT2D eigenvalue weighted by atomic mass is 127. The van der Waals surface area contributed by atoms with Crippen molar-refractivity contribution in [3.63, 3.8) is 0 Å². The summed E-state index contributed by atoms with van der Waals surface area (Å²) in [5.74, 6) is 1.02. The van der Waals surface area contributed by atoms with E-state index in [4.69, 9.17) is 0 Å². The Hall–Kier alpha value is -2.16. The fourth-order valence-electron chi connectivity index (χ4n) is 3.45. The number of guanidine groups is 1. The zero-order valence-electron chi connectivity index (χ0n) is 16.9. The molecule has 0 radical (unpaired) electrons. The summed E-state index contributed by atoms with van der Waals surface area (Å²) in [7, 11) is 1.74. The first-order valence-corrected chi connectivity index (χ1v) is 9.99. The monoisotopic (exact) mass is 507 g/mol. The van der Waals surface area contributed by atoms with Crippen LogP contribution in [0, 0.1) is 5.92 Å². The quantitative estimate of drug-likeness (QED) is 0.313. The number of anilines is 1. The molecule has 1 amide bonds. The van der Waals surface area contributed by atoms with Crippen LogP contribution in [0.2, 0.25) is 0 Å². The molecule has 0 bridgehead atoms. The fraction of sp³-hybridized carbons (Fsp3) is 0.409. The molecule has 1 aromatic heterocycles. The van der Waals surface area contributed by atoms with Crippen LogP contribution in [0.25, 0.3) is 0 Å². The van der Waals surface area contributed by atoms with Gasteiger partial charge in [0.25, 0.3) is 0 Å². The second-order valence-electron chi connectivity index (χ2n) is 7.12. The summed E-state index contributed by atoms with van der Waals surface area (Å²) < 4.78 is 0. The summed E-state index contributed by atoms with van der Waals surface area (Å²) in [4.78, 5) is 21.0. The Morgan fingerprint density at radius 3 is 2.59 bits per heavy atom. The number of rotatable bonds is 6. The highest BCUT2D eigenvalue weighted by molar-refractivity contribution is 14.0. The highest BCUT2D eigenvalue weighted by Gasteiger charge is 2.20. The number of benzene rings is 1. The normalized spacial score (nSPS) is 14.6. The number of nitrogens with zero attached hydrogens (tertiary/aromatic N) is 2. The summed E-state index contributed by atoms with van der Waals surface area (Å²) in [6, 6.07) is 13.8. The van der Waals surface area contributed by atoms with Crippen molar-refractivity contribution in [2.24, 2.45) is 10.9 Å². The molecular formula is C22H30IN5O. The fourth-order valence-corrected chi connectivity index (χ4v) is 3.45. The van der Waals surface area contributed by atoms with E-state index >= 15 is 0 Å². The zero-order chi connectivity index (χ0) is 19.6. The molecule has 1 saturated carbocycles. The Kier molecular flexibility index (Phi) is 9.90. The lowest BCUT2D eigenvalue weighted by atomic mass is 9.88. The standard InChI is InChI=1S/C22H29N5O.HI/c1-23-22(26-16-20-11-5-6-13-24-20)25-15-17-8-7-12-19(14-17)27-21(28)18-9-3-2-4-10-18;/h5-8,11-14,18H,2-4,9-10,15-16H2,1H3,(H,27,28)(H2,23,25,26);1H. The lowest BCUT2D eigenvalue weighted by Crippen LogP contribution is -2.36. The van der Waals surface area contributed by atoms with Crippen molar-refractivity contribution < 1.29 is 4.79 Å². The molecule has 0 aliphatic heterocycles. The topological polar surface area (TPSA) is 78.4 Å². The predicted octanol–water partition coefficient (Wildman–Crippen LogP) is 4.08. The second-order valence-corrected chi connectivity index (χ2v) is 7.12. The van der Waals surface area contributed by atoms with E-state index in [1.54, 1.807) is 13.2 Å². The van der Waals surface area contributed by atoms with Gasteiger partial charge in [0.1, 0.15) is 0 Å². The molecule has 1 aliphatic rings. The average molecular weight is 507 g/mol. The van der Waals surface area contributed by atoms with Gasteiger partial charge in [0.15, 0.2) is 5.96 Å². The summed E-state index contributed by atoms with van der Waals surface area (Å²) in [6.45, 7) is 1.23. The third kappa shape index (κ3) is 7.64. The molecule has 3 N–H and O–H groups in total.